The highest BCUT2D eigenvalue weighted by molar-refractivity contribution is 5.89. The molecule has 1 saturated carbocycles. The van der Waals surface area contributed by atoms with E-state index < -0.39 is 5.54 Å². The van der Waals surface area contributed by atoms with Gasteiger partial charge in [-0.1, -0.05) is 27.7 Å². The van der Waals surface area contributed by atoms with Gasteiger partial charge < -0.3 is 20.9 Å². The molecular formula is C16H30N2O3. The summed E-state index contributed by atoms with van der Waals surface area (Å²) in [5.41, 5.74) is 5.34. The van der Waals surface area contributed by atoms with Crippen LogP contribution in [-0.4, -0.2) is 41.9 Å². The van der Waals surface area contributed by atoms with Gasteiger partial charge >= 0.3 is 0 Å². The Balaban J connectivity index is 2.13. The van der Waals surface area contributed by atoms with Crippen LogP contribution in [0.3, 0.4) is 0 Å². The van der Waals surface area contributed by atoms with Crippen LogP contribution < -0.4 is 11.1 Å². The van der Waals surface area contributed by atoms with Crippen molar-refractivity contribution in [2.24, 2.45) is 23.0 Å². The zero-order valence-corrected chi connectivity index (χ0v) is 13.7. The minimum atomic E-state index is -0.874. The first-order valence-electron chi connectivity index (χ1n) is 8.09. The minimum Gasteiger partial charge on any atom is -0.396 e. The maximum atomic E-state index is 12.8. The van der Waals surface area contributed by atoms with E-state index in [2.05, 4.69) is 5.32 Å². The number of rotatable bonds is 5. The molecule has 0 aromatic heterocycles. The van der Waals surface area contributed by atoms with E-state index in [4.69, 9.17) is 15.6 Å². The van der Waals surface area contributed by atoms with Gasteiger partial charge in [-0.15, -0.1) is 0 Å². The van der Waals surface area contributed by atoms with Gasteiger partial charge in [-0.3, -0.25) is 4.79 Å². The molecule has 2 aliphatic rings. The topological polar surface area (TPSA) is 84.6 Å². The molecule has 0 aromatic rings. The lowest BCUT2D eigenvalue weighted by Gasteiger charge is -2.65. The van der Waals surface area contributed by atoms with Crippen molar-refractivity contribution in [2.75, 3.05) is 13.2 Å². The number of aliphatic hydroxyl groups is 1. The molecule has 5 heteroatoms. The number of ether oxygens (including phenoxy) is 1. The van der Waals surface area contributed by atoms with Crippen molar-refractivity contribution in [3.8, 4) is 0 Å². The van der Waals surface area contributed by atoms with Crippen molar-refractivity contribution in [3.63, 3.8) is 0 Å². The number of amides is 1. The molecule has 2 rings (SSSR count). The average Bonchev–Trinajstić information content (AvgIpc) is 2.45. The van der Waals surface area contributed by atoms with Gasteiger partial charge in [-0.05, 0) is 25.2 Å². The second kappa shape index (κ2) is 5.86. The number of carbonyl (C=O) groups excluding carboxylic acids is 1. The monoisotopic (exact) mass is 298 g/mol. The minimum absolute atomic E-state index is 0.0396. The van der Waals surface area contributed by atoms with Gasteiger partial charge in [-0.2, -0.15) is 0 Å². The lowest BCUT2D eigenvalue weighted by atomic mass is 9.46. The van der Waals surface area contributed by atoms with E-state index in [1.54, 1.807) is 0 Å². The first-order chi connectivity index (χ1) is 9.76. The molecule has 2 fully saturated rings. The Bertz CT molecular complexity index is 397. The summed E-state index contributed by atoms with van der Waals surface area (Å²) in [6.45, 7) is 8.97. The van der Waals surface area contributed by atoms with Crippen LogP contribution in [0.5, 0.6) is 0 Å². The van der Waals surface area contributed by atoms with Crippen LogP contribution in [0.25, 0.3) is 0 Å². The van der Waals surface area contributed by atoms with E-state index in [0.717, 1.165) is 19.4 Å². The molecule has 122 valence electrons. The summed E-state index contributed by atoms with van der Waals surface area (Å²) in [5, 5.41) is 12.2. The van der Waals surface area contributed by atoms with Crippen molar-refractivity contribution in [1.82, 2.24) is 5.32 Å². The standard InChI is InChI=1S/C16H30N2O3/c1-10(2)12(7-8-19)18-14(20)16(17)11-6-5-9-21-13(11)15(16,3)4/h10-13,19H,5-9,17H2,1-4H3,(H,18,20). The fourth-order valence-electron chi connectivity index (χ4n) is 4.04. The molecule has 1 aliphatic carbocycles. The fourth-order valence-corrected chi connectivity index (χ4v) is 4.04. The Labute approximate surface area is 127 Å². The number of hydrogen-bond acceptors (Lipinski definition) is 4. The van der Waals surface area contributed by atoms with Crippen molar-refractivity contribution in [1.29, 1.82) is 0 Å². The third kappa shape index (κ3) is 2.49. The van der Waals surface area contributed by atoms with Crippen LogP contribution >= 0.6 is 0 Å². The number of nitrogens with one attached hydrogen (secondary N) is 1. The predicted molar refractivity (Wildman–Crippen MR) is 81.6 cm³/mol. The lowest BCUT2D eigenvalue weighted by Crippen LogP contribution is -2.82. The largest absolute Gasteiger partial charge is 0.396 e. The van der Waals surface area contributed by atoms with Crippen LogP contribution in [0.1, 0.15) is 47.0 Å². The number of fused-ring (bicyclic) bond motifs is 1. The van der Waals surface area contributed by atoms with Crippen molar-refractivity contribution in [2.45, 2.75) is 64.6 Å². The van der Waals surface area contributed by atoms with Crippen LogP contribution in [0, 0.1) is 17.3 Å². The van der Waals surface area contributed by atoms with Crippen molar-refractivity contribution >= 4 is 5.91 Å². The summed E-state index contributed by atoms with van der Waals surface area (Å²) in [4.78, 5) is 12.8. The first-order valence-corrected chi connectivity index (χ1v) is 8.09. The molecule has 1 aliphatic heterocycles. The van der Waals surface area contributed by atoms with Crippen molar-refractivity contribution < 1.29 is 14.6 Å². The van der Waals surface area contributed by atoms with E-state index in [9.17, 15) is 4.79 Å². The van der Waals surface area contributed by atoms with Gasteiger partial charge in [0.25, 0.3) is 0 Å². The Kier molecular flexibility index (Phi) is 4.66. The second-order valence-electron chi connectivity index (χ2n) is 7.47. The molecule has 0 aromatic carbocycles. The van der Waals surface area contributed by atoms with Crippen LogP contribution in [0.2, 0.25) is 0 Å². The summed E-state index contributed by atoms with van der Waals surface area (Å²) in [6.07, 6.45) is 2.56. The van der Waals surface area contributed by atoms with E-state index >= 15 is 0 Å². The van der Waals surface area contributed by atoms with Gasteiger partial charge in [0.1, 0.15) is 5.54 Å². The molecule has 1 heterocycles. The second-order valence-corrected chi connectivity index (χ2v) is 7.47. The van der Waals surface area contributed by atoms with Crippen molar-refractivity contribution in [3.05, 3.63) is 0 Å². The van der Waals surface area contributed by atoms with Crippen LogP contribution in [-0.2, 0) is 9.53 Å². The van der Waals surface area contributed by atoms with Gasteiger partial charge in [0, 0.05) is 30.6 Å². The molecule has 0 radical (unpaired) electrons. The highest BCUT2D eigenvalue weighted by Gasteiger charge is 2.70. The van der Waals surface area contributed by atoms with Gasteiger partial charge in [-0.25, -0.2) is 0 Å². The maximum Gasteiger partial charge on any atom is 0.241 e. The number of carbonyl (C=O) groups is 1. The molecular weight excluding hydrogens is 268 g/mol. The zero-order chi connectivity index (χ0) is 15.8. The Morgan fingerprint density at radius 2 is 2.14 bits per heavy atom. The third-order valence-corrected chi connectivity index (χ3v) is 5.62. The molecule has 0 bridgehead atoms. The number of nitrogens with two attached hydrogens (primary N) is 1. The van der Waals surface area contributed by atoms with E-state index in [1.807, 2.05) is 27.7 Å². The van der Waals surface area contributed by atoms with E-state index in [-0.39, 0.29) is 41.9 Å². The molecule has 21 heavy (non-hydrogen) atoms. The van der Waals surface area contributed by atoms with E-state index in [1.165, 1.54) is 0 Å². The number of hydrogen-bond donors (Lipinski definition) is 3. The SMILES string of the molecule is CC(C)C(CCO)NC(=O)C1(N)C2CCCOC2C1(C)C. The fraction of sp³-hybridized carbons (Fsp3) is 0.938. The number of aliphatic hydroxyl groups excluding tert-OH is 1. The molecule has 4 N–H and O–H groups in total. The van der Waals surface area contributed by atoms with Gasteiger partial charge in [0.15, 0.2) is 0 Å². The van der Waals surface area contributed by atoms with Gasteiger partial charge in [0.2, 0.25) is 5.91 Å². The summed E-state index contributed by atoms with van der Waals surface area (Å²) in [6, 6.07) is -0.0396. The summed E-state index contributed by atoms with van der Waals surface area (Å²) >= 11 is 0. The summed E-state index contributed by atoms with van der Waals surface area (Å²) in [7, 11) is 0. The smallest absolute Gasteiger partial charge is 0.241 e. The normalized spacial score (nSPS) is 35.8. The molecule has 4 atom stereocenters. The summed E-state index contributed by atoms with van der Waals surface area (Å²) < 4.78 is 5.84. The molecule has 4 unspecified atom stereocenters. The molecule has 1 saturated heterocycles. The average molecular weight is 298 g/mol. The predicted octanol–water partition coefficient (Wildman–Crippen LogP) is 1.04. The highest BCUT2D eigenvalue weighted by atomic mass is 16.5. The summed E-state index contributed by atoms with van der Waals surface area (Å²) in [5.74, 6) is 0.279. The molecule has 1 amide bonds. The Hall–Kier alpha value is -0.650. The maximum absolute atomic E-state index is 12.8. The van der Waals surface area contributed by atoms with Gasteiger partial charge in [0.05, 0.1) is 6.10 Å². The highest BCUT2D eigenvalue weighted by Crippen LogP contribution is 2.57. The quantitative estimate of drug-likeness (QED) is 0.708. The van der Waals surface area contributed by atoms with Crippen LogP contribution in [0.15, 0.2) is 0 Å². The van der Waals surface area contributed by atoms with E-state index in [0.29, 0.717) is 6.42 Å². The molecule has 5 nitrogen and oxygen atoms in total. The third-order valence-electron chi connectivity index (χ3n) is 5.62. The Morgan fingerprint density at radius 3 is 2.71 bits per heavy atom. The lowest BCUT2D eigenvalue weighted by molar-refractivity contribution is -0.225. The first kappa shape index (κ1) is 16.7. The zero-order valence-electron chi connectivity index (χ0n) is 13.7. The molecule has 0 spiro atoms. The Morgan fingerprint density at radius 1 is 1.48 bits per heavy atom. The van der Waals surface area contributed by atoms with Crippen LogP contribution in [0.4, 0.5) is 0 Å².